The fraction of sp³-hybridized carbons (Fsp3) is 0.474. The Morgan fingerprint density at radius 3 is 2.26 bits per heavy atom. The highest BCUT2D eigenvalue weighted by Crippen LogP contribution is 2.34. The van der Waals surface area contributed by atoms with Crippen molar-refractivity contribution in [2.24, 2.45) is 0 Å². The number of nitro groups is 1. The van der Waals surface area contributed by atoms with Gasteiger partial charge in [-0.25, -0.2) is 18.4 Å². The van der Waals surface area contributed by atoms with Gasteiger partial charge >= 0.3 is 5.69 Å². The molecule has 0 amide bonds. The number of hydrogen-bond donors (Lipinski definition) is 1. The van der Waals surface area contributed by atoms with Crippen LogP contribution in [0.15, 0.2) is 35.5 Å². The lowest BCUT2D eigenvalue weighted by atomic mass is 10.3. The molecule has 1 aromatic carbocycles. The van der Waals surface area contributed by atoms with Crippen molar-refractivity contribution in [1.82, 2.24) is 19.2 Å². The summed E-state index contributed by atoms with van der Waals surface area (Å²) in [5.41, 5.74) is 0.288. The van der Waals surface area contributed by atoms with E-state index in [4.69, 9.17) is 0 Å². The molecule has 1 N–H and O–H groups in total. The SMILES string of the molecule is CCN(CC)S(=O)(=O)c1ccc(Nc2ncnc(N3CCN(C)CC3)c2[N+](=O)[O-])cc1. The number of aromatic nitrogens is 2. The zero-order valence-electron chi connectivity index (χ0n) is 17.9. The van der Waals surface area contributed by atoms with Crippen LogP contribution in [0.3, 0.4) is 0 Å². The van der Waals surface area contributed by atoms with E-state index in [-0.39, 0.29) is 22.2 Å². The molecule has 1 aliphatic heterocycles. The first-order chi connectivity index (χ1) is 14.8. The Kier molecular flexibility index (Phi) is 7.03. The van der Waals surface area contributed by atoms with Crippen molar-refractivity contribution >= 4 is 33.0 Å². The lowest BCUT2D eigenvalue weighted by molar-refractivity contribution is -0.383. The Morgan fingerprint density at radius 1 is 1.10 bits per heavy atom. The Balaban J connectivity index is 1.87. The number of sulfonamides is 1. The normalized spacial score (nSPS) is 15.3. The monoisotopic (exact) mass is 449 g/mol. The molecular weight excluding hydrogens is 422 g/mol. The molecular formula is C19H27N7O4S. The van der Waals surface area contributed by atoms with Gasteiger partial charge in [-0.3, -0.25) is 10.1 Å². The van der Waals surface area contributed by atoms with Gasteiger partial charge in [0.25, 0.3) is 0 Å². The fourth-order valence-corrected chi connectivity index (χ4v) is 4.90. The molecule has 2 heterocycles. The van der Waals surface area contributed by atoms with Crippen LogP contribution in [0.2, 0.25) is 0 Å². The van der Waals surface area contributed by atoms with Gasteiger partial charge in [-0.2, -0.15) is 4.31 Å². The van der Waals surface area contributed by atoms with Gasteiger partial charge in [-0.1, -0.05) is 13.8 Å². The standard InChI is InChI=1S/C19H27N7O4S/c1-4-25(5-2)31(29,30)16-8-6-15(7-9-16)22-18-17(26(27)28)19(21-14-20-18)24-12-10-23(3)11-13-24/h6-9,14H,4-5,10-13H2,1-3H3,(H,20,21,22). The van der Waals surface area contributed by atoms with Gasteiger partial charge < -0.3 is 15.1 Å². The van der Waals surface area contributed by atoms with E-state index in [9.17, 15) is 18.5 Å². The van der Waals surface area contributed by atoms with Crippen LogP contribution in [0.25, 0.3) is 0 Å². The minimum atomic E-state index is -3.58. The number of hydrogen-bond acceptors (Lipinski definition) is 9. The Morgan fingerprint density at radius 2 is 1.71 bits per heavy atom. The van der Waals surface area contributed by atoms with Crippen LogP contribution in [0.5, 0.6) is 0 Å². The minimum Gasteiger partial charge on any atom is -0.348 e. The van der Waals surface area contributed by atoms with E-state index in [1.54, 1.807) is 26.0 Å². The first-order valence-electron chi connectivity index (χ1n) is 10.1. The summed E-state index contributed by atoms with van der Waals surface area (Å²) < 4.78 is 26.6. The second-order valence-corrected chi connectivity index (χ2v) is 9.12. The van der Waals surface area contributed by atoms with Crippen LogP contribution >= 0.6 is 0 Å². The van der Waals surface area contributed by atoms with Gasteiger partial charge in [-0.15, -0.1) is 0 Å². The smallest absolute Gasteiger partial charge is 0.348 e. The molecule has 1 aliphatic rings. The molecule has 2 aromatic rings. The lowest BCUT2D eigenvalue weighted by Crippen LogP contribution is -2.45. The van der Waals surface area contributed by atoms with Gasteiger partial charge in [0.1, 0.15) is 6.33 Å². The number of nitrogens with one attached hydrogen (secondary N) is 1. The highest BCUT2D eigenvalue weighted by molar-refractivity contribution is 7.89. The van der Waals surface area contributed by atoms with E-state index >= 15 is 0 Å². The third-order valence-electron chi connectivity index (χ3n) is 5.25. The van der Waals surface area contributed by atoms with Crippen molar-refractivity contribution in [3.63, 3.8) is 0 Å². The Hall–Kier alpha value is -2.83. The largest absolute Gasteiger partial charge is 0.353 e. The highest BCUT2D eigenvalue weighted by Gasteiger charge is 2.29. The molecule has 12 heteroatoms. The van der Waals surface area contributed by atoms with E-state index in [0.717, 1.165) is 13.1 Å². The summed E-state index contributed by atoms with van der Waals surface area (Å²) in [5, 5.41) is 14.8. The van der Waals surface area contributed by atoms with Crippen molar-refractivity contribution in [1.29, 1.82) is 0 Å². The number of piperazine rings is 1. The maximum Gasteiger partial charge on any atom is 0.353 e. The predicted octanol–water partition coefficient (Wildman–Crippen LogP) is 1.91. The van der Waals surface area contributed by atoms with Crippen LogP contribution in [0.1, 0.15) is 13.8 Å². The van der Waals surface area contributed by atoms with Crippen LogP contribution in [0.4, 0.5) is 23.0 Å². The van der Waals surface area contributed by atoms with Crippen LogP contribution in [-0.2, 0) is 10.0 Å². The second kappa shape index (κ2) is 9.54. The third-order valence-corrected chi connectivity index (χ3v) is 7.31. The molecule has 0 unspecified atom stereocenters. The highest BCUT2D eigenvalue weighted by atomic mass is 32.2. The van der Waals surface area contributed by atoms with Gasteiger partial charge in [0.2, 0.25) is 21.7 Å². The molecule has 11 nitrogen and oxygen atoms in total. The van der Waals surface area contributed by atoms with Crippen molar-refractivity contribution < 1.29 is 13.3 Å². The number of likely N-dealkylation sites (N-methyl/N-ethyl adjacent to an activating group) is 1. The maximum absolute atomic E-state index is 12.6. The Labute approximate surface area is 181 Å². The second-order valence-electron chi connectivity index (χ2n) is 7.18. The van der Waals surface area contributed by atoms with E-state index < -0.39 is 14.9 Å². The zero-order chi connectivity index (χ0) is 22.6. The van der Waals surface area contributed by atoms with Gasteiger partial charge in [0.15, 0.2) is 0 Å². The average molecular weight is 450 g/mol. The number of benzene rings is 1. The van der Waals surface area contributed by atoms with E-state index in [2.05, 4.69) is 20.2 Å². The molecule has 0 radical (unpaired) electrons. The molecule has 0 aliphatic carbocycles. The molecule has 0 atom stereocenters. The summed E-state index contributed by atoms with van der Waals surface area (Å²) in [6.07, 6.45) is 1.29. The van der Waals surface area contributed by atoms with Crippen molar-refractivity contribution in [3.05, 3.63) is 40.7 Å². The van der Waals surface area contributed by atoms with Crippen molar-refractivity contribution in [3.8, 4) is 0 Å². The van der Waals surface area contributed by atoms with E-state index in [1.165, 1.54) is 22.8 Å². The first kappa shape index (κ1) is 22.8. The summed E-state index contributed by atoms with van der Waals surface area (Å²) in [7, 11) is -1.57. The molecule has 1 aromatic heterocycles. The van der Waals surface area contributed by atoms with Crippen molar-refractivity contribution in [2.75, 3.05) is 56.5 Å². The summed E-state index contributed by atoms with van der Waals surface area (Å²) in [4.78, 5) is 23.8. The van der Waals surface area contributed by atoms with Crippen LogP contribution in [-0.4, -0.2) is 78.8 Å². The minimum absolute atomic E-state index is 0.0632. The predicted molar refractivity (Wildman–Crippen MR) is 118 cm³/mol. The number of anilines is 3. The molecule has 0 saturated carbocycles. The quantitative estimate of drug-likeness (QED) is 0.475. The van der Waals surface area contributed by atoms with Crippen molar-refractivity contribution in [2.45, 2.75) is 18.7 Å². The van der Waals surface area contributed by atoms with Gasteiger partial charge in [0.05, 0.1) is 9.82 Å². The topological polar surface area (TPSA) is 125 Å². The number of rotatable bonds is 8. The molecule has 3 rings (SSSR count). The summed E-state index contributed by atoms with van der Waals surface area (Å²) in [5.74, 6) is 0.338. The Bertz CT molecular complexity index is 1020. The number of nitrogens with zero attached hydrogens (tertiary/aromatic N) is 6. The molecule has 31 heavy (non-hydrogen) atoms. The maximum atomic E-state index is 12.6. The summed E-state index contributed by atoms with van der Waals surface area (Å²) in [6.45, 7) is 7.14. The van der Waals surface area contributed by atoms with Gasteiger partial charge in [0, 0.05) is 45.0 Å². The summed E-state index contributed by atoms with van der Waals surface area (Å²) >= 11 is 0. The molecule has 168 valence electrons. The summed E-state index contributed by atoms with van der Waals surface area (Å²) in [6, 6.07) is 6.09. The van der Waals surface area contributed by atoms with Crippen LogP contribution in [0, 0.1) is 10.1 Å². The third kappa shape index (κ3) is 4.92. The molecule has 1 saturated heterocycles. The molecule has 0 bridgehead atoms. The van der Waals surface area contributed by atoms with Gasteiger partial charge in [-0.05, 0) is 31.3 Å². The molecule has 0 spiro atoms. The average Bonchev–Trinajstić information content (AvgIpc) is 2.75. The first-order valence-corrected chi connectivity index (χ1v) is 11.5. The lowest BCUT2D eigenvalue weighted by Gasteiger charge is -2.32. The van der Waals surface area contributed by atoms with Crippen LogP contribution < -0.4 is 10.2 Å². The molecule has 1 fully saturated rings. The van der Waals surface area contributed by atoms with E-state index in [0.29, 0.717) is 31.9 Å². The fourth-order valence-electron chi connectivity index (χ4n) is 3.44. The zero-order valence-corrected chi connectivity index (χ0v) is 18.7. The van der Waals surface area contributed by atoms with E-state index in [1.807, 2.05) is 11.9 Å².